The second kappa shape index (κ2) is 6.54. The van der Waals surface area contributed by atoms with Crippen molar-refractivity contribution < 1.29 is 13.9 Å². The van der Waals surface area contributed by atoms with Crippen molar-refractivity contribution in [2.24, 2.45) is 0 Å². The molecule has 0 atom stereocenters. The Hall–Kier alpha value is -2.71. The van der Waals surface area contributed by atoms with Crippen molar-refractivity contribution in [3.05, 3.63) is 47.0 Å². The molecule has 0 aromatic carbocycles. The number of pyridine rings is 2. The van der Waals surface area contributed by atoms with Gasteiger partial charge in [-0.15, -0.1) is 0 Å². The van der Waals surface area contributed by atoms with Crippen molar-refractivity contribution >= 4 is 51.3 Å². The fourth-order valence-electron chi connectivity index (χ4n) is 2.73. The Kier molecular flexibility index (Phi) is 4.21. The molecule has 1 saturated heterocycles. The molecule has 0 radical (unpaired) electrons. The van der Waals surface area contributed by atoms with Crippen LogP contribution in [0.4, 0.5) is 0 Å². The van der Waals surface area contributed by atoms with E-state index < -0.39 is 0 Å². The summed E-state index contributed by atoms with van der Waals surface area (Å²) in [7, 11) is 1.59. The Morgan fingerprint density at radius 1 is 1.31 bits per heavy atom. The smallest absolute Gasteiger partial charge is 0.263 e. The molecule has 4 rings (SSSR count). The standard InChI is InChI=1S/C18H13N3O3S2/c1-9-3-10(7-20-17(9)23-2)13-8-19-6-11-4-12(24-15(11)13)5-14-16(22)21-18(25)26-14/h3-8H,1-2H3,(H,21,22,25)/b14-5+. The second-order valence-electron chi connectivity index (χ2n) is 5.66. The number of hydrogen-bond donors (Lipinski definition) is 1. The summed E-state index contributed by atoms with van der Waals surface area (Å²) >= 11 is 6.22. The molecule has 1 aliphatic heterocycles. The summed E-state index contributed by atoms with van der Waals surface area (Å²) in [5.41, 5.74) is 3.31. The van der Waals surface area contributed by atoms with Gasteiger partial charge in [-0.2, -0.15) is 0 Å². The van der Waals surface area contributed by atoms with Gasteiger partial charge in [0.25, 0.3) is 5.91 Å². The van der Waals surface area contributed by atoms with Gasteiger partial charge in [-0.3, -0.25) is 9.78 Å². The molecule has 1 fully saturated rings. The highest BCUT2D eigenvalue weighted by Crippen LogP contribution is 2.33. The molecule has 1 aliphatic rings. The third-order valence-electron chi connectivity index (χ3n) is 3.89. The van der Waals surface area contributed by atoms with Crippen LogP contribution in [0.1, 0.15) is 11.3 Å². The minimum Gasteiger partial charge on any atom is -0.481 e. The van der Waals surface area contributed by atoms with E-state index in [1.54, 1.807) is 31.8 Å². The van der Waals surface area contributed by atoms with Gasteiger partial charge < -0.3 is 14.5 Å². The van der Waals surface area contributed by atoms with Crippen LogP contribution in [0.15, 0.2) is 40.0 Å². The van der Waals surface area contributed by atoms with Crippen LogP contribution in [-0.4, -0.2) is 27.3 Å². The maximum Gasteiger partial charge on any atom is 0.263 e. The zero-order valence-electron chi connectivity index (χ0n) is 13.9. The van der Waals surface area contributed by atoms with Gasteiger partial charge >= 0.3 is 0 Å². The van der Waals surface area contributed by atoms with E-state index in [1.165, 1.54) is 11.8 Å². The van der Waals surface area contributed by atoms with Gasteiger partial charge in [-0.05, 0) is 19.1 Å². The van der Waals surface area contributed by atoms with E-state index in [0.717, 1.165) is 22.1 Å². The van der Waals surface area contributed by atoms with Crippen molar-refractivity contribution in [1.29, 1.82) is 0 Å². The van der Waals surface area contributed by atoms with Crippen LogP contribution in [0.3, 0.4) is 0 Å². The minimum absolute atomic E-state index is 0.214. The number of thioether (sulfide) groups is 1. The first-order chi connectivity index (χ1) is 12.5. The molecular weight excluding hydrogens is 370 g/mol. The zero-order valence-corrected chi connectivity index (χ0v) is 15.5. The molecule has 3 aromatic rings. The molecule has 0 aliphatic carbocycles. The van der Waals surface area contributed by atoms with Gasteiger partial charge in [0.1, 0.15) is 15.7 Å². The summed E-state index contributed by atoms with van der Waals surface area (Å²) in [6.45, 7) is 1.93. The van der Waals surface area contributed by atoms with Gasteiger partial charge in [0.2, 0.25) is 5.88 Å². The van der Waals surface area contributed by atoms with Gasteiger partial charge in [-0.25, -0.2) is 4.98 Å². The molecule has 130 valence electrons. The van der Waals surface area contributed by atoms with Crippen LogP contribution in [0, 0.1) is 6.92 Å². The monoisotopic (exact) mass is 383 g/mol. The van der Waals surface area contributed by atoms with Crippen LogP contribution in [-0.2, 0) is 4.79 Å². The van der Waals surface area contributed by atoms with Crippen molar-refractivity contribution in [3.8, 4) is 17.0 Å². The maximum atomic E-state index is 11.8. The van der Waals surface area contributed by atoms with Crippen molar-refractivity contribution in [2.75, 3.05) is 7.11 Å². The average Bonchev–Trinajstić information content (AvgIpc) is 3.16. The fraction of sp³-hybridized carbons (Fsp3) is 0.111. The number of carbonyl (C=O) groups excluding carboxylic acids is 1. The fourth-order valence-corrected chi connectivity index (χ4v) is 3.76. The molecule has 26 heavy (non-hydrogen) atoms. The van der Waals surface area contributed by atoms with E-state index in [1.807, 2.05) is 19.1 Å². The second-order valence-corrected chi connectivity index (χ2v) is 7.38. The lowest BCUT2D eigenvalue weighted by molar-refractivity contribution is -0.115. The highest BCUT2D eigenvalue weighted by atomic mass is 32.2. The predicted octanol–water partition coefficient (Wildman–Crippen LogP) is 3.70. The normalized spacial score (nSPS) is 15.7. The van der Waals surface area contributed by atoms with Crippen molar-refractivity contribution in [3.63, 3.8) is 0 Å². The number of nitrogens with zero attached hydrogens (tertiary/aromatic N) is 2. The van der Waals surface area contributed by atoms with E-state index >= 15 is 0 Å². The number of furan rings is 1. The number of aryl methyl sites for hydroxylation is 1. The number of amides is 1. The van der Waals surface area contributed by atoms with E-state index in [2.05, 4.69) is 15.3 Å². The predicted molar refractivity (Wildman–Crippen MR) is 105 cm³/mol. The topological polar surface area (TPSA) is 77.3 Å². The molecule has 0 bridgehead atoms. The largest absolute Gasteiger partial charge is 0.481 e. The summed E-state index contributed by atoms with van der Waals surface area (Å²) < 4.78 is 11.6. The first-order valence-electron chi connectivity index (χ1n) is 7.68. The highest BCUT2D eigenvalue weighted by Gasteiger charge is 2.23. The van der Waals surface area contributed by atoms with Gasteiger partial charge in [0.15, 0.2) is 0 Å². The van der Waals surface area contributed by atoms with E-state index in [0.29, 0.717) is 26.4 Å². The molecule has 4 heterocycles. The summed E-state index contributed by atoms with van der Waals surface area (Å²) in [4.78, 5) is 20.9. The van der Waals surface area contributed by atoms with E-state index in [9.17, 15) is 4.79 Å². The van der Waals surface area contributed by atoms with Crippen molar-refractivity contribution in [1.82, 2.24) is 15.3 Å². The van der Waals surface area contributed by atoms with Crippen LogP contribution < -0.4 is 10.1 Å². The first-order valence-corrected chi connectivity index (χ1v) is 8.91. The number of carbonyl (C=O) groups is 1. The SMILES string of the molecule is COc1ncc(-c2cncc3cc(/C=C4/SC(=S)NC4=O)oc23)cc1C. The molecule has 0 spiro atoms. The Labute approximate surface area is 158 Å². The third-order valence-corrected chi connectivity index (χ3v) is 5.05. The zero-order chi connectivity index (χ0) is 18.3. The number of rotatable bonds is 3. The number of fused-ring (bicyclic) bond motifs is 1. The summed E-state index contributed by atoms with van der Waals surface area (Å²) in [6, 6.07) is 3.82. The maximum absolute atomic E-state index is 11.8. The Balaban J connectivity index is 1.79. The molecule has 3 aromatic heterocycles. The summed E-state index contributed by atoms with van der Waals surface area (Å²) in [5.74, 6) is 0.933. The molecule has 0 unspecified atom stereocenters. The van der Waals surface area contributed by atoms with Gasteiger partial charge in [0, 0.05) is 46.7 Å². The number of ether oxygens (including phenoxy) is 1. The number of aromatic nitrogens is 2. The van der Waals surface area contributed by atoms with Crippen LogP contribution in [0.25, 0.3) is 28.2 Å². The van der Waals surface area contributed by atoms with Crippen LogP contribution in [0.5, 0.6) is 5.88 Å². The Morgan fingerprint density at radius 3 is 2.85 bits per heavy atom. The van der Waals surface area contributed by atoms with E-state index in [-0.39, 0.29) is 5.91 Å². The molecule has 1 amide bonds. The lowest BCUT2D eigenvalue weighted by atomic mass is 10.1. The van der Waals surface area contributed by atoms with Gasteiger partial charge in [-0.1, -0.05) is 24.0 Å². The molecule has 0 saturated carbocycles. The molecule has 1 N–H and O–H groups in total. The van der Waals surface area contributed by atoms with Gasteiger partial charge in [0.05, 0.1) is 12.0 Å². The number of thiocarbonyl (C=S) groups is 1. The number of nitrogens with one attached hydrogen (secondary N) is 1. The summed E-state index contributed by atoms with van der Waals surface area (Å²) in [6.07, 6.45) is 6.86. The third kappa shape index (κ3) is 2.97. The lowest BCUT2D eigenvalue weighted by Crippen LogP contribution is -2.17. The van der Waals surface area contributed by atoms with Crippen molar-refractivity contribution in [2.45, 2.75) is 6.92 Å². The Bertz CT molecular complexity index is 1090. The number of methoxy groups -OCH3 is 1. The summed E-state index contributed by atoms with van der Waals surface area (Å²) in [5, 5.41) is 3.43. The lowest BCUT2D eigenvalue weighted by Gasteiger charge is -2.06. The minimum atomic E-state index is -0.214. The molecule has 6 nitrogen and oxygen atoms in total. The Morgan fingerprint density at radius 2 is 2.15 bits per heavy atom. The van der Waals surface area contributed by atoms with E-state index in [4.69, 9.17) is 21.4 Å². The molecule has 8 heteroatoms. The highest BCUT2D eigenvalue weighted by molar-refractivity contribution is 8.26. The first kappa shape index (κ1) is 16.7. The van der Waals surface area contributed by atoms with Crippen LogP contribution in [0.2, 0.25) is 0 Å². The number of hydrogen-bond acceptors (Lipinski definition) is 7. The quantitative estimate of drug-likeness (QED) is 0.546. The molecular formula is C18H13N3O3S2. The average molecular weight is 383 g/mol. The van der Waals surface area contributed by atoms with Crippen LogP contribution >= 0.6 is 24.0 Å².